The number of nitrogens with zero attached hydrogens (tertiary/aromatic N) is 3. The molecule has 1 aromatic rings. The number of piperidine rings is 1. The van der Waals surface area contributed by atoms with Crippen LogP contribution in [0.1, 0.15) is 28.8 Å². The van der Waals surface area contributed by atoms with Crippen LogP contribution in [0.25, 0.3) is 0 Å². The van der Waals surface area contributed by atoms with Crippen molar-refractivity contribution in [1.82, 2.24) is 9.80 Å². The van der Waals surface area contributed by atoms with E-state index in [1.165, 1.54) is 0 Å². The Kier molecular flexibility index (Phi) is 4.80. The second-order valence-corrected chi connectivity index (χ2v) is 5.57. The van der Waals surface area contributed by atoms with Gasteiger partial charge in [-0.3, -0.25) is 4.79 Å². The molecule has 1 saturated heterocycles. The molecule has 0 spiro atoms. The van der Waals surface area contributed by atoms with Crippen molar-refractivity contribution in [3.63, 3.8) is 0 Å². The Morgan fingerprint density at radius 3 is 2.52 bits per heavy atom. The monoisotopic (exact) mass is 290 g/mol. The Morgan fingerprint density at radius 2 is 1.95 bits per heavy atom. The first-order chi connectivity index (χ1) is 10.0. The molecule has 1 heterocycles. The number of amides is 1. The van der Waals surface area contributed by atoms with Crippen molar-refractivity contribution in [2.24, 2.45) is 10.9 Å². The van der Waals surface area contributed by atoms with E-state index in [2.05, 4.69) is 10.1 Å². The predicted molar refractivity (Wildman–Crippen MR) is 81.6 cm³/mol. The van der Waals surface area contributed by atoms with Crippen molar-refractivity contribution in [3.05, 3.63) is 35.4 Å². The normalized spacial score (nSPS) is 19.9. The molecule has 6 heteroatoms. The number of likely N-dealkylation sites (tertiary alicyclic amines) is 1. The third-order valence-electron chi connectivity index (χ3n) is 3.95. The summed E-state index contributed by atoms with van der Waals surface area (Å²) >= 11 is 0. The van der Waals surface area contributed by atoms with Crippen molar-refractivity contribution in [2.45, 2.75) is 18.9 Å². The maximum absolute atomic E-state index is 12.5. The lowest BCUT2D eigenvalue weighted by Crippen LogP contribution is -2.47. The van der Waals surface area contributed by atoms with Crippen LogP contribution in [0, 0.1) is 0 Å². The molecule has 1 aromatic carbocycles. The highest BCUT2D eigenvalue weighted by atomic mass is 16.4. The highest BCUT2D eigenvalue weighted by molar-refractivity contribution is 5.99. The van der Waals surface area contributed by atoms with Crippen LogP contribution in [0.5, 0.6) is 0 Å². The zero-order chi connectivity index (χ0) is 15.4. The van der Waals surface area contributed by atoms with Crippen molar-refractivity contribution >= 4 is 11.7 Å². The summed E-state index contributed by atoms with van der Waals surface area (Å²) in [5.41, 5.74) is 6.74. The zero-order valence-electron chi connectivity index (χ0n) is 12.5. The number of likely N-dealkylation sites (N-methyl/N-ethyl adjacent to an activating group) is 1. The number of hydrogen-bond donors (Lipinski definition) is 2. The van der Waals surface area contributed by atoms with E-state index in [1.807, 2.05) is 19.0 Å². The lowest BCUT2D eigenvalue weighted by Gasteiger charge is -2.36. The Morgan fingerprint density at radius 1 is 1.33 bits per heavy atom. The van der Waals surface area contributed by atoms with Gasteiger partial charge in [0.2, 0.25) is 0 Å². The fourth-order valence-corrected chi connectivity index (χ4v) is 2.58. The van der Waals surface area contributed by atoms with E-state index in [-0.39, 0.29) is 11.7 Å². The number of rotatable bonds is 3. The van der Waals surface area contributed by atoms with Gasteiger partial charge in [0.1, 0.15) is 0 Å². The van der Waals surface area contributed by atoms with Gasteiger partial charge in [0, 0.05) is 30.3 Å². The Balaban J connectivity index is 2.09. The summed E-state index contributed by atoms with van der Waals surface area (Å²) < 4.78 is 0. The van der Waals surface area contributed by atoms with Crippen LogP contribution in [0.2, 0.25) is 0 Å². The SMILES string of the molecule is CN(C)C1CCCN(C(=O)c2ccc(C(N)=NO)cc2)C1. The maximum atomic E-state index is 12.5. The number of amidine groups is 1. The van der Waals surface area contributed by atoms with Gasteiger partial charge in [-0.1, -0.05) is 17.3 Å². The molecular formula is C15H22N4O2. The van der Waals surface area contributed by atoms with E-state index in [4.69, 9.17) is 10.9 Å². The van der Waals surface area contributed by atoms with E-state index >= 15 is 0 Å². The highest BCUT2D eigenvalue weighted by Gasteiger charge is 2.25. The van der Waals surface area contributed by atoms with Gasteiger partial charge in [-0.2, -0.15) is 0 Å². The Hall–Kier alpha value is -2.08. The van der Waals surface area contributed by atoms with E-state index in [1.54, 1.807) is 24.3 Å². The number of hydrogen-bond acceptors (Lipinski definition) is 4. The van der Waals surface area contributed by atoms with E-state index in [0.29, 0.717) is 17.2 Å². The minimum absolute atomic E-state index is 0.0348. The first-order valence-corrected chi connectivity index (χ1v) is 7.06. The number of oxime groups is 1. The van der Waals surface area contributed by atoms with Crippen molar-refractivity contribution in [2.75, 3.05) is 27.2 Å². The molecule has 1 aliphatic rings. The van der Waals surface area contributed by atoms with Crippen LogP contribution < -0.4 is 5.73 Å². The smallest absolute Gasteiger partial charge is 0.253 e. The molecule has 1 aliphatic heterocycles. The molecule has 0 aromatic heterocycles. The first kappa shape index (κ1) is 15.3. The molecule has 0 bridgehead atoms. The fourth-order valence-electron chi connectivity index (χ4n) is 2.58. The topological polar surface area (TPSA) is 82.2 Å². The van der Waals surface area contributed by atoms with Crippen LogP contribution in [0.3, 0.4) is 0 Å². The van der Waals surface area contributed by atoms with Gasteiger partial charge in [0.05, 0.1) is 0 Å². The number of nitrogens with two attached hydrogens (primary N) is 1. The molecule has 1 amide bonds. The lowest BCUT2D eigenvalue weighted by molar-refractivity contribution is 0.0635. The fraction of sp³-hybridized carbons (Fsp3) is 0.467. The summed E-state index contributed by atoms with van der Waals surface area (Å²) in [6, 6.07) is 7.23. The summed E-state index contributed by atoms with van der Waals surface area (Å²) in [5, 5.41) is 11.6. The molecule has 1 fully saturated rings. The van der Waals surface area contributed by atoms with Crippen molar-refractivity contribution in [1.29, 1.82) is 0 Å². The molecule has 0 aliphatic carbocycles. The molecule has 1 atom stereocenters. The van der Waals surface area contributed by atoms with E-state index in [0.717, 1.165) is 25.9 Å². The number of carbonyl (C=O) groups is 1. The largest absolute Gasteiger partial charge is 0.409 e. The molecule has 0 saturated carbocycles. The summed E-state index contributed by atoms with van der Waals surface area (Å²) in [5.74, 6) is 0.0762. The number of benzene rings is 1. The van der Waals surface area contributed by atoms with E-state index < -0.39 is 0 Å². The first-order valence-electron chi connectivity index (χ1n) is 7.06. The Bertz CT molecular complexity index is 525. The van der Waals surface area contributed by atoms with Gasteiger partial charge in [-0.15, -0.1) is 0 Å². The van der Waals surface area contributed by atoms with Gasteiger partial charge in [-0.25, -0.2) is 0 Å². The van der Waals surface area contributed by atoms with Gasteiger partial charge in [-0.05, 0) is 39.1 Å². The van der Waals surface area contributed by atoms with Gasteiger partial charge in [0.25, 0.3) is 5.91 Å². The molecule has 6 nitrogen and oxygen atoms in total. The third kappa shape index (κ3) is 3.52. The molecule has 21 heavy (non-hydrogen) atoms. The van der Waals surface area contributed by atoms with Gasteiger partial charge < -0.3 is 20.7 Å². The lowest BCUT2D eigenvalue weighted by atomic mass is 10.0. The molecule has 1 unspecified atom stereocenters. The molecule has 2 rings (SSSR count). The van der Waals surface area contributed by atoms with Gasteiger partial charge >= 0.3 is 0 Å². The second kappa shape index (κ2) is 6.58. The summed E-state index contributed by atoms with van der Waals surface area (Å²) in [7, 11) is 4.09. The van der Waals surface area contributed by atoms with Gasteiger partial charge in [0.15, 0.2) is 5.84 Å². The minimum Gasteiger partial charge on any atom is -0.409 e. The second-order valence-electron chi connectivity index (χ2n) is 5.57. The zero-order valence-corrected chi connectivity index (χ0v) is 12.5. The van der Waals surface area contributed by atoms with Crippen LogP contribution >= 0.6 is 0 Å². The van der Waals surface area contributed by atoms with Crippen molar-refractivity contribution < 1.29 is 10.0 Å². The summed E-state index contributed by atoms with van der Waals surface area (Å²) in [6.07, 6.45) is 2.15. The minimum atomic E-state index is 0.0348. The van der Waals surface area contributed by atoms with Crippen LogP contribution in [-0.2, 0) is 0 Å². The Labute approximate surface area is 124 Å². The predicted octanol–water partition coefficient (Wildman–Crippen LogP) is 0.947. The molecular weight excluding hydrogens is 268 g/mol. The van der Waals surface area contributed by atoms with Crippen LogP contribution in [0.4, 0.5) is 0 Å². The molecule has 0 radical (unpaired) electrons. The highest BCUT2D eigenvalue weighted by Crippen LogP contribution is 2.17. The number of carbonyl (C=O) groups excluding carboxylic acids is 1. The average Bonchev–Trinajstić information content (AvgIpc) is 2.53. The molecule has 114 valence electrons. The van der Waals surface area contributed by atoms with Crippen LogP contribution in [-0.4, -0.2) is 60.0 Å². The summed E-state index contributed by atoms with van der Waals surface area (Å²) in [4.78, 5) is 16.6. The quantitative estimate of drug-likeness (QED) is 0.376. The average molecular weight is 290 g/mol. The third-order valence-corrected chi connectivity index (χ3v) is 3.95. The maximum Gasteiger partial charge on any atom is 0.253 e. The van der Waals surface area contributed by atoms with E-state index in [9.17, 15) is 4.79 Å². The van der Waals surface area contributed by atoms with Crippen LogP contribution in [0.15, 0.2) is 29.4 Å². The van der Waals surface area contributed by atoms with Crippen molar-refractivity contribution in [3.8, 4) is 0 Å². The molecule has 3 N–H and O–H groups in total. The standard InChI is InChI=1S/C15H22N4O2/c1-18(2)13-4-3-9-19(10-13)15(20)12-7-5-11(6-8-12)14(16)17-21/h5-8,13,21H,3-4,9-10H2,1-2H3,(H2,16,17). The summed E-state index contributed by atoms with van der Waals surface area (Å²) in [6.45, 7) is 1.55.